The standard InChI is InChI=1S/C23H23N5O3S/c29-17-10-8-16(9-11-17)26-23-25-14-12-21(27-23)20-15-28(22-19(20)7-4-13-24-22)32(30,31)18-5-2-1-3-6-18/h1-7,12-17,29H,8-11H2,(H,25,26,27). The molecule has 0 atom stereocenters. The molecule has 8 nitrogen and oxygen atoms in total. The number of anilines is 1. The van der Waals surface area contributed by atoms with Crippen LogP contribution in [0.2, 0.25) is 0 Å². The zero-order chi connectivity index (χ0) is 22.1. The van der Waals surface area contributed by atoms with Crippen LogP contribution in [0.25, 0.3) is 22.3 Å². The van der Waals surface area contributed by atoms with E-state index in [1.54, 1.807) is 61.1 Å². The lowest BCUT2D eigenvalue weighted by molar-refractivity contribution is 0.126. The molecule has 9 heteroatoms. The van der Waals surface area contributed by atoms with Crippen LogP contribution in [0.15, 0.2) is 72.0 Å². The zero-order valence-corrected chi connectivity index (χ0v) is 18.1. The van der Waals surface area contributed by atoms with Gasteiger partial charge in [0, 0.05) is 35.6 Å². The minimum Gasteiger partial charge on any atom is -0.393 e. The van der Waals surface area contributed by atoms with Gasteiger partial charge in [0.25, 0.3) is 10.0 Å². The number of aliphatic hydroxyl groups is 1. The summed E-state index contributed by atoms with van der Waals surface area (Å²) in [6.07, 6.45) is 7.80. The molecule has 0 unspecified atom stereocenters. The summed E-state index contributed by atoms with van der Waals surface area (Å²) in [7, 11) is -3.82. The second-order valence-corrected chi connectivity index (χ2v) is 9.76. The number of aromatic nitrogens is 4. The molecule has 4 aromatic rings. The van der Waals surface area contributed by atoms with E-state index in [0.717, 1.165) is 25.7 Å². The van der Waals surface area contributed by atoms with Crippen molar-refractivity contribution in [3.05, 3.63) is 67.1 Å². The van der Waals surface area contributed by atoms with E-state index in [2.05, 4.69) is 20.3 Å². The molecule has 1 saturated carbocycles. The van der Waals surface area contributed by atoms with Crippen molar-refractivity contribution in [2.24, 2.45) is 0 Å². The summed E-state index contributed by atoms with van der Waals surface area (Å²) in [6.45, 7) is 0. The van der Waals surface area contributed by atoms with Crippen LogP contribution < -0.4 is 5.32 Å². The van der Waals surface area contributed by atoms with Gasteiger partial charge in [0.2, 0.25) is 5.95 Å². The molecule has 3 aromatic heterocycles. The first kappa shape index (κ1) is 20.6. The topological polar surface area (TPSA) is 110 Å². The molecule has 0 aliphatic heterocycles. The van der Waals surface area contributed by atoms with E-state index >= 15 is 0 Å². The van der Waals surface area contributed by atoms with Crippen LogP contribution in [0, 0.1) is 0 Å². The van der Waals surface area contributed by atoms with Crippen LogP contribution in [0.1, 0.15) is 25.7 Å². The first-order valence-corrected chi connectivity index (χ1v) is 12.0. The van der Waals surface area contributed by atoms with Crippen molar-refractivity contribution in [2.75, 3.05) is 5.32 Å². The Morgan fingerprint density at radius 3 is 2.50 bits per heavy atom. The first-order chi connectivity index (χ1) is 15.5. The van der Waals surface area contributed by atoms with Crippen molar-refractivity contribution in [1.29, 1.82) is 0 Å². The monoisotopic (exact) mass is 449 g/mol. The Hall–Kier alpha value is -3.30. The summed E-state index contributed by atoms with van der Waals surface area (Å²) < 4.78 is 27.8. The molecular weight excluding hydrogens is 426 g/mol. The summed E-state index contributed by atoms with van der Waals surface area (Å²) in [6, 6.07) is 13.9. The molecule has 32 heavy (non-hydrogen) atoms. The van der Waals surface area contributed by atoms with E-state index in [0.29, 0.717) is 28.2 Å². The molecule has 0 spiro atoms. The fraction of sp³-hybridized carbons (Fsp3) is 0.261. The van der Waals surface area contributed by atoms with Crippen LogP contribution in [0.3, 0.4) is 0 Å². The largest absolute Gasteiger partial charge is 0.393 e. The van der Waals surface area contributed by atoms with Gasteiger partial charge in [-0.2, -0.15) is 0 Å². The predicted octanol–water partition coefficient (Wildman–Crippen LogP) is 3.45. The van der Waals surface area contributed by atoms with Crippen molar-refractivity contribution >= 4 is 27.0 Å². The average Bonchev–Trinajstić information content (AvgIpc) is 3.22. The van der Waals surface area contributed by atoms with Crippen molar-refractivity contribution in [1.82, 2.24) is 18.9 Å². The Morgan fingerprint density at radius 1 is 0.938 bits per heavy atom. The normalized spacial score (nSPS) is 19.2. The second kappa shape index (κ2) is 8.33. The van der Waals surface area contributed by atoms with E-state index in [9.17, 15) is 13.5 Å². The second-order valence-electron chi connectivity index (χ2n) is 7.95. The highest BCUT2D eigenvalue weighted by molar-refractivity contribution is 7.90. The van der Waals surface area contributed by atoms with Gasteiger partial charge < -0.3 is 10.4 Å². The number of nitrogens with zero attached hydrogens (tertiary/aromatic N) is 4. The molecule has 2 N–H and O–H groups in total. The van der Waals surface area contributed by atoms with Gasteiger partial charge in [-0.05, 0) is 56.0 Å². The highest BCUT2D eigenvalue weighted by atomic mass is 32.2. The maximum Gasteiger partial charge on any atom is 0.269 e. The van der Waals surface area contributed by atoms with Gasteiger partial charge in [0.05, 0.1) is 16.7 Å². The van der Waals surface area contributed by atoms with E-state index in [4.69, 9.17) is 0 Å². The average molecular weight is 450 g/mol. The Bertz CT molecular complexity index is 1350. The third kappa shape index (κ3) is 3.85. The number of nitrogens with one attached hydrogen (secondary N) is 1. The maximum absolute atomic E-state index is 13.3. The highest BCUT2D eigenvalue weighted by Crippen LogP contribution is 2.31. The minimum absolute atomic E-state index is 0.193. The van der Waals surface area contributed by atoms with Crippen molar-refractivity contribution in [3.8, 4) is 11.3 Å². The van der Waals surface area contributed by atoms with E-state index < -0.39 is 10.0 Å². The Morgan fingerprint density at radius 2 is 1.72 bits per heavy atom. The third-order valence-electron chi connectivity index (χ3n) is 5.79. The van der Waals surface area contributed by atoms with Gasteiger partial charge in [-0.25, -0.2) is 27.3 Å². The maximum atomic E-state index is 13.3. The number of rotatable bonds is 5. The lowest BCUT2D eigenvalue weighted by atomic mass is 9.93. The SMILES string of the molecule is O=S(=O)(c1ccccc1)n1cc(-c2ccnc(NC3CCC(O)CC3)n2)c2cccnc21. The summed E-state index contributed by atoms with van der Waals surface area (Å²) in [5.74, 6) is 0.486. The Balaban J connectivity index is 1.55. The highest BCUT2D eigenvalue weighted by Gasteiger charge is 2.24. The number of pyridine rings is 1. The molecule has 1 aliphatic rings. The van der Waals surface area contributed by atoms with Gasteiger partial charge in [0.15, 0.2) is 5.65 Å². The van der Waals surface area contributed by atoms with Crippen LogP contribution in [-0.4, -0.2) is 44.6 Å². The molecule has 164 valence electrons. The predicted molar refractivity (Wildman–Crippen MR) is 122 cm³/mol. The first-order valence-electron chi connectivity index (χ1n) is 10.6. The molecule has 0 radical (unpaired) electrons. The summed E-state index contributed by atoms with van der Waals surface area (Å²) >= 11 is 0. The van der Waals surface area contributed by atoms with Crippen LogP contribution in [0.5, 0.6) is 0 Å². The van der Waals surface area contributed by atoms with Crippen molar-refractivity contribution < 1.29 is 13.5 Å². The molecule has 1 fully saturated rings. The minimum atomic E-state index is -3.82. The van der Waals surface area contributed by atoms with E-state index in [-0.39, 0.29) is 17.0 Å². The van der Waals surface area contributed by atoms with Gasteiger partial charge in [0.1, 0.15) is 0 Å². The molecule has 5 rings (SSSR count). The van der Waals surface area contributed by atoms with Crippen LogP contribution in [0.4, 0.5) is 5.95 Å². The van der Waals surface area contributed by atoms with Crippen molar-refractivity contribution in [3.63, 3.8) is 0 Å². The van der Waals surface area contributed by atoms with Crippen LogP contribution >= 0.6 is 0 Å². The molecular formula is C23H23N5O3S. The number of hydrogen-bond acceptors (Lipinski definition) is 7. The number of benzene rings is 1. The fourth-order valence-electron chi connectivity index (χ4n) is 4.11. The summed E-state index contributed by atoms with van der Waals surface area (Å²) in [4.78, 5) is 13.5. The number of fused-ring (bicyclic) bond motifs is 1. The lowest BCUT2D eigenvalue weighted by Crippen LogP contribution is -2.28. The summed E-state index contributed by atoms with van der Waals surface area (Å²) in [5, 5.41) is 13.8. The van der Waals surface area contributed by atoms with Crippen molar-refractivity contribution in [2.45, 2.75) is 42.7 Å². The quantitative estimate of drug-likeness (QED) is 0.480. The fourth-order valence-corrected chi connectivity index (χ4v) is 5.45. The number of hydrogen-bond donors (Lipinski definition) is 2. The summed E-state index contributed by atoms with van der Waals surface area (Å²) in [5.41, 5.74) is 1.62. The lowest BCUT2D eigenvalue weighted by Gasteiger charge is -2.26. The molecule has 1 aliphatic carbocycles. The Labute approximate surface area is 186 Å². The van der Waals surface area contributed by atoms with Gasteiger partial charge in [-0.3, -0.25) is 0 Å². The molecule has 0 amide bonds. The molecule has 0 bridgehead atoms. The van der Waals surface area contributed by atoms with E-state index in [1.807, 2.05) is 6.07 Å². The van der Waals surface area contributed by atoms with Gasteiger partial charge in [-0.15, -0.1) is 0 Å². The molecule has 1 aromatic carbocycles. The Kier molecular flexibility index (Phi) is 5.36. The molecule has 0 saturated heterocycles. The van der Waals surface area contributed by atoms with Gasteiger partial charge in [-0.1, -0.05) is 18.2 Å². The third-order valence-corrected chi connectivity index (χ3v) is 7.46. The van der Waals surface area contributed by atoms with Gasteiger partial charge >= 0.3 is 0 Å². The molecule has 3 heterocycles. The van der Waals surface area contributed by atoms with Crippen LogP contribution in [-0.2, 0) is 10.0 Å². The number of aliphatic hydroxyl groups excluding tert-OH is 1. The smallest absolute Gasteiger partial charge is 0.269 e. The van der Waals surface area contributed by atoms with E-state index in [1.165, 1.54) is 3.97 Å². The zero-order valence-electron chi connectivity index (χ0n) is 17.3.